The molecule has 0 amide bonds. The number of benzene rings is 1. The van der Waals surface area contributed by atoms with Crippen LogP contribution in [0.25, 0.3) is 0 Å². The maximum absolute atomic E-state index is 13.2. The highest BCUT2D eigenvalue weighted by Crippen LogP contribution is 2.22. The minimum atomic E-state index is -0.370. The van der Waals surface area contributed by atoms with Gasteiger partial charge in [0.1, 0.15) is 11.6 Å². The van der Waals surface area contributed by atoms with E-state index in [1.165, 1.54) is 12.1 Å². The lowest BCUT2D eigenvalue weighted by molar-refractivity contribution is 0.456. The van der Waals surface area contributed by atoms with Gasteiger partial charge < -0.3 is 10.5 Å². The summed E-state index contributed by atoms with van der Waals surface area (Å²) in [5, 5.41) is 6.63. The van der Waals surface area contributed by atoms with Crippen molar-refractivity contribution in [2.75, 3.05) is 0 Å². The van der Waals surface area contributed by atoms with E-state index in [0.717, 1.165) is 5.69 Å². The van der Waals surface area contributed by atoms with Gasteiger partial charge in [0.15, 0.2) is 0 Å². The Hall–Kier alpha value is -1.88. The topological polar surface area (TPSA) is 63.9 Å². The number of hydrogen-bond acceptors (Lipinski definition) is 3. The van der Waals surface area contributed by atoms with Crippen LogP contribution in [0.15, 0.2) is 24.3 Å². The third-order valence-electron chi connectivity index (χ3n) is 2.07. The number of nitrogens with two attached hydrogens (primary N) is 1. The van der Waals surface area contributed by atoms with Crippen LogP contribution in [-0.2, 0) is 6.54 Å². The van der Waals surface area contributed by atoms with Crippen molar-refractivity contribution in [3.63, 3.8) is 0 Å². The maximum Gasteiger partial charge on any atom is 0.238 e. The summed E-state index contributed by atoms with van der Waals surface area (Å²) in [5.74, 6) is 0.434. The number of aromatic amines is 1. The van der Waals surface area contributed by atoms with E-state index in [2.05, 4.69) is 10.2 Å². The standard InChI is InChI=1S/C11H12FN3O/c1-7-2-11(15-14-7)16-10-4-8(6-13)3-9(12)5-10/h2-5H,6,13H2,1H3,(H,14,15). The van der Waals surface area contributed by atoms with Crippen molar-refractivity contribution >= 4 is 0 Å². The van der Waals surface area contributed by atoms with Crippen LogP contribution in [0.3, 0.4) is 0 Å². The lowest BCUT2D eigenvalue weighted by atomic mass is 10.2. The molecule has 2 aromatic rings. The number of nitrogens with zero attached hydrogens (tertiary/aromatic N) is 1. The van der Waals surface area contributed by atoms with Gasteiger partial charge in [0.25, 0.3) is 0 Å². The van der Waals surface area contributed by atoms with Crippen LogP contribution < -0.4 is 10.5 Å². The van der Waals surface area contributed by atoms with Gasteiger partial charge in [0.2, 0.25) is 5.88 Å². The summed E-state index contributed by atoms with van der Waals surface area (Å²) in [5.41, 5.74) is 7.00. The first-order valence-electron chi connectivity index (χ1n) is 4.87. The van der Waals surface area contributed by atoms with Crippen molar-refractivity contribution in [2.24, 2.45) is 5.73 Å². The molecule has 1 heterocycles. The van der Waals surface area contributed by atoms with Gasteiger partial charge in [-0.3, -0.25) is 5.10 Å². The molecular formula is C11H12FN3O. The molecule has 0 radical (unpaired) electrons. The van der Waals surface area contributed by atoms with E-state index in [0.29, 0.717) is 17.2 Å². The Morgan fingerprint density at radius 3 is 2.81 bits per heavy atom. The molecule has 0 fully saturated rings. The summed E-state index contributed by atoms with van der Waals surface area (Å²) < 4.78 is 18.5. The summed E-state index contributed by atoms with van der Waals surface area (Å²) in [7, 11) is 0. The fourth-order valence-corrected chi connectivity index (χ4v) is 1.36. The second kappa shape index (κ2) is 4.32. The molecule has 0 bridgehead atoms. The Morgan fingerprint density at radius 1 is 1.38 bits per heavy atom. The van der Waals surface area contributed by atoms with Gasteiger partial charge in [0.05, 0.1) is 0 Å². The van der Waals surface area contributed by atoms with Crippen LogP contribution in [0.5, 0.6) is 11.6 Å². The summed E-state index contributed by atoms with van der Waals surface area (Å²) in [6.07, 6.45) is 0. The Bertz CT molecular complexity index is 496. The normalized spacial score (nSPS) is 10.4. The van der Waals surface area contributed by atoms with Crippen LogP contribution in [0.1, 0.15) is 11.3 Å². The highest BCUT2D eigenvalue weighted by molar-refractivity contribution is 5.32. The summed E-state index contributed by atoms with van der Waals surface area (Å²) in [6.45, 7) is 2.13. The number of hydrogen-bond donors (Lipinski definition) is 2. The molecular weight excluding hydrogens is 209 g/mol. The first-order valence-corrected chi connectivity index (χ1v) is 4.87. The predicted molar refractivity (Wildman–Crippen MR) is 57.7 cm³/mol. The van der Waals surface area contributed by atoms with E-state index < -0.39 is 0 Å². The molecule has 0 saturated carbocycles. The van der Waals surface area contributed by atoms with E-state index in [1.54, 1.807) is 12.1 Å². The fourth-order valence-electron chi connectivity index (χ4n) is 1.36. The lowest BCUT2D eigenvalue weighted by Crippen LogP contribution is -1.97. The van der Waals surface area contributed by atoms with E-state index >= 15 is 0 Å². The number of ether oxygens (including phenoxy) is 1. The van der Waals surface area contributed by atoms with Gasteiger partial charge in [-0.05, 0) is 24.6 Å². The molecule has 2 rings (SSSR count). The molecule has 0 unspecified atom stereocenters. The van der Waals surface area contributed by atoms with Gasteiger partial charge >= 0.3 is 0 Å². The Balaban J connectivity index is 2.24. The lowest BCUT2D eigenvalue weighted by Gasteiger charge is -2.04. The smallest absolute Gasteiger partial charge is 0.238 e. The average Bonchev–Trinajstić information content (AvgIpc) is 2.63. The Morgan fingerprint density at radius 2 is 2.19 bits per heavy atom. The summed E-state index contributed by atoms with van der Waals surface area (Å²) >= 11 is 0. The molecule has 4 nitrogen and oxygen atoms in total. The van der Waals surface area contributed by atoms with Crippen LogP contribution in [-0.4, -0.2) is 10.2 Å². The molecule has 1 aromatic carbocycles. The van der Waals surface area contributed by atoms with Crippen LogP contribution in [0.4, 0.5) is 4.39 Å². The van der Waals surface area contributed by atoms with Gasteiger partial charge in [0, 0.05) is 24.4 Å². The number of nitrogens with one attached hydrogen (secondary N) is 1. The summed E-state index contributed by atoms with van der Waals surface area (Å²) in [4.78, 5) is 0. The Kier molecular flexibility index (Phi) is 2.87. The molecule has 1 aromatic heterocycles. The van der Waals surface area contributed by atoms with Gasteiger partial charge in [-0.1, -0.05) is 0 Å². The van der Waals surface area contributed by atoms with Crippen LogP contribution in [0.2, 0.25) is 0 Å². The molecule has 0 aliphatic carbocycles. The third-order valence-corrected chi connectivity index (χ3v) is 2.07. The van der Waals surface area contributed by atoms with Crippen LogP contribution in [0, 0.1) is 12.7 Å². The molecule has 0 spiro atoms. The van der Waals surface area contributed by atoms with E-state index in [-0.39, 0.29) is 12.4 Å². The molecule has 84 valence electrons. The zero-order valence-corrected chi connectivity index (χ0v) is 8.83. The van der Waals surface area contributed by atoms with Crippen molar-refractivity contribution in [3.05, 3.63) is 41.3 Å². The zero-order chi connectivity index (χ0) is 11.5. The summed E-state index contributed by atoms with van der Waals surface area (Å²) in [6, 6.07) is 6.09. The number of aryl methyl sites for hydroxylation is 1. The quantitative estimate of drug-likeness (QED) is 0.834. The monoisotopic (exact) mass is 221 g/mol. The van der Waals surface area contributed by atoms with Crippen molar-refractivity contribution in [3.8, 4) is 11.6 Å². The van der Waals surface area contributed by atoms with Crippen LogP contribution >= 0.6 is 0 Å². The number of H-pyrrole nitrogens is 1. The molecule has 16 heavy (non-hydrogen) atoms. The third kappa shape index (κ3) is 2.38. The number of rotatable bonds is 3. The van der Waals surface area contributed by atoms with E-state index in [4.69, 9.17) is 10.5 Å². The first kappa shape index (κ1) is 10.6. The predicted octanol–water partition coefficient (Wildman–Crippen LogP) is 2.11. The highest BCUT2D eigenvalue weighted by Gasteiger charge is 2.04. The molecule has 0 atom stereocenters. The molecule has 3 N–H and O–H groups in total. The van der Waals surface area contributed by atoms with Crippen molar-refractivity contribution in [1.29, 1.82) is 0 Å². The van der Waals surface area contributed by atoms with Crippen molar-refractivity contribution in [1.82, 2.24) is 10.2 Å². The molecule has 0 saturated heterocycles. The first-order chi connectivity index (χ1) is 7.67. The van der Waals surface area contributed by atoms with Gasteiger partial charge in [-0.2, -0.15) is 0 Å². The largest absolute Gasteiger partial charge is 0.437 e. The van der Waals surface area contributed by atoms with E-state index in [9.17, 15) is 4.39 Å². The molecule has 0 aliphatic rings. The van der Waals surface area contributed by atoms with Gasteiger partial charge in [-0.25, -0.2) is 4.39 Å². The zero-order valence-electron chi connectivity index (χ0n) is 8.83. The fraction of sp³-hybridized carbons (Fsp3) is 0.182. The number of halogens is 1. The van der Waals surface area contributed by atoms with Crippen molar-refractivity contribution < 1.29 is 9.13 Å². The SMILES string of the molecule is Cc1cc(Oc2cc(F)cc(CN)c2)n[nH]1. The second-order valence-electron chi connectivity index (χ2n) is 3.49. The maximum atomic E-state index is 13.2. The average molecular weight is 221 g/mol. The second-order valence-corrected chi connectivity index (χ2v) is 3.49. The highest BCUT2D eigenvalue weighted by atomic mass is 19.1. The van der Waals surface area contributed by atoms with Crippen molar-refractivity contribution in [2.45, 2.75) is 13.5 Å². The minimum Gasteiger partial charge on any atom is -0.437 e. The Labute approximate surface area is 92.2 Å². The minimum absolute atomic E-state index is 0.272. The van der Waals surface area contributed by atoms with Gasteiger partial charge in [-0.15, -0.1) is 5.10 Å². The molecule has 5 heteroatoms. The van der Waals surface area contributed by atoms with E-state index in [1.807, 2.05) is 6.92 Å². The number of aromatic nitrogens is 2. The molecule has 0 aliphatic heterocycles.